The lowest BCUT2D eigenvalue weighted by Gasteiger charge is -2.25. The molecule has 1 N–H and O–H groups in total. The first-order valence-electron chi connectivity index (χ1n) is 10.2. The highest BCUT2D eigenvalue weighted by Crippen LogP contribution is 2.30. The Morgan fingerprint density at radius 1 is 1.00 bits per heavy atom. The summed E-state index contributed by atoms with van der Waals surface area (Å²) < 4.78 is 14.7. The monoisotopic (exact) mass is 414 g/mol. The zero-order chi connectivity index (χ0) is 21.4. The standard InChI is InChI=1S/C24H23FN6/c1-30-10-9-17-11-18(3-4-19(17)15-30)23-26-14-22(25)24(29-23)31(2)21-7-5-16(6-8-21)20-12-27-28-13-20/h3-8,11-14H,9-10,15H2,1-2H3,(H,27,28). The van der Waals surface area contributed by atoms with Crippen LogP contribution in [-0.2, 0) is 13.0 Å². The number of nitrogens with zero attached hydrogens (tertiary/aromatic N) is 5. The molecule has 1 aliphatic heterocycles. The van der Waals surface area contributed by atoms with E-state index < -0.39 is 5.82 Å². The Labute approximate surface area is 180 Å². The number of H-pyrrole nitrogens is 1. The zero-order valence-corrected chi connectivity index (χ0v) is 17.5. The number of halogens is 1. The van der Waals surface area contributed by atoms with Gasteiger partial charge in [0.05, 0.1) is 12.4 Å². The van der Waals surface area contributed by atoms with Crippen molar-refractivity contribution in [3.05, 3.63) is 78.0 Å². The maximum Gasteiger partial charge on any atom is 0.184 e. The molecule has 0 fully saturated rings. The minimum atomic E-state index is -0.454. The highest BCUT2D eigenvalue weighted by atomic mass is 19.1. The van der Waals surface area contributed by atoms with Gasteiger partial charge in [0, 0.05) is 43.1 Å². The number of rotatable bonds is 4. The molecule has 0 saturated carbocycles. The molecule has 0 aliphatic carbocycles. The van der Waals surface area contributed by atoms with Crippen LogP contribution >= 0.6 is 0 Å². The number of fused-ring (bicyclic) bond motifs is 1. The van der Waals surface area contributed by atoms with E-state index in [-0.39, 0.29) is 5.82 Å². The summed E-state index contributed by atoms with van der Waals surface area (Å²) in [5.74, 6) is 0.322. The molecule has 6 nitrogen and oxygen atoms in total. The molecule has 0 unspecified atom stereocenters. The van der Waals surface area contributed by atoms with E-state index in [2.05, 4.69) is 44.2 Å². The number of hydrogen-bond acceptors (Lipinski definition) is 5. The molecule has 1 aliphatic rings. The molecule has 5 rings (SSSR count). The van der Waals surface area contributed by atoms with Gasteiger partial charge in [0.15, 0.2) is 17.5 Å². The van der Waals surface area contributed by atoms with Crippen LogP contribution in [0.2, 0.25) is 0 Å². The van der Waals surface area contributed by atoms with Crippen molar-refractivity contribution in [2.24, 2.45) is 0 Å². The van der Waals surface area contributed by atoms with Gasteiger partial charge >= 0.3 is 0 Å². The van der Waals surface area contributed by atoms with E-state index in [1.54, 1.807) is 11.1 Å². The Bertz CT molecular complexity index is 1200. The zero-order valence-electron chi connectivity index (χ0n) is 17.5. The Hall–Kier alpha value is -3.58. The van der Waals surface area contributed by atoms with E-state index >= 15 is 0 Å². The molecule has 4 aromatic rings. The van der Waals surface area contributed by atoms with Gasteiger partial charge < -0.3 is 9.80 Å². The lowest BCUT2D eigenvalue weighted by atomic mass is 9.97. The first kappa shape index (κ1) is 19.4. The summed E-state index contributed by atoms with van der Waals surface area (Å²) in [4.78, 5) is 12.9. The predicted molar refractivity (Wildman–Crippen MR) is 120 cm³/mol. The molecule has 0 bridgehead atoms. The summed E-state index contributed by atoms with van der Waals surface area (Å²) in [6, 6.07) is 14.1. The van der Waals surface area contributed by atoms with Gasteiger partial charge in [-0.25, -0.2) is 14.4 Å². The highest BCUT2D eigenvalue weighted by molar-refractivity contribution is 5.68. The summed E-state index contributed by atoms with van der Waals surface area (Å²) in [5.41, 5.74) is 6.43. The van der Waals surface area contributed by atoms with Crippen LogP contribution in [0, 0.1) is 5.82 Å². The lowest BCUT2D eigenvalue weighted by Crippen LogP contribution is -2.26. The van der Waals surface area contributed by atoms with E-state index in [0.29, 0.717) is 5.82 Å². The molecular weight excluding hydrogens is 391 g/mol. The fraction of sp³-hybridized carbons (Fsp3) is 0.208. The van der Waals surface area contributed by atoms with Gasteiger partial charge in [-0.1, -0.05) is 24.3 Å². The predicted octanol–water partition coefficient (Wildman–Crippen LogP) is 4.43. The maximum atomic E-state index is 14.7. The van der Waals surface area contributed by atoms with E-state index in [4.69, 9.17) is 0 Å². The van der Waals surface area contributed by atoms with Crippen LogP contribution in [0.25, 0.3) is 22.5 Å². The Morgan fingerprint density at radius 2 is 1.81 bits per heavy atom. The van der Waals surface area contributed by atoms with Gasteiger partial charge in [0.2, 0.25) is 0 Å². The number of anilines is 2. The summed E-state index contributed by atoms with van der Waals surface area (Å²) in [6.07, 6.45) is 5.86. The van der Waals surface area contributed by atoms with Crippen LogP contribution in [0.4, 0.5) is 15.9 Å². The average Bonchev–Trinajstić information content (AvgIpc) is 3.34. The van der Waals surface area contributed by atoms with Crippen molar-refractivity contribution < 1.29 is 4.39 Å². The molecule has 0 radical (unpaired) electrons. The van der Waals surface area contributed by atoms with Crippen molar-refractivity contribution in [3.63, 3.8) is 0 Å². The van der Waals surface area contributed by atoms with Crippen molar-refractivity contribution in [1.82, 2.24) is 25.1 Å². The molecule has 2 aromatic heterocycles. The number of aromatic amines is 1. The largest absolute Gasteiger partial charge is 0.327 e. The normalized spacial score (nSPS) is 13.8. The molecule has 156 valence electrons. The van der Waals surface area contributed by atoms with Gasteiger partial charge in [-0.15, -0.1) is 0 Å². The summed E-state index contributed by atoms with van der Waals surface area (Å²) >= 11 is 0. The van der Waals surface area contributed by atoms with Crippen molar-refractivity contribution in [2.75, 3.05) is 25.5 Å². The first-order chi connectivity index (χ1) is 15.1. The van der Waals surface area contributed by atoms with Crippen LogP contribution in [-0.4, -0.2) is 45.7 Å². The fourth-order valence-electron chi connectivity index (χ4n) is 3.97. The molecule has 7 heteroatoms. The van der Waals surface area contributed by atoms with Gasteiger partial charge in [0.25, 0.3) is 0 Å². The minimum absolute atomic E-state index is 0.249. The van der Waals surface area contributed by atoms with E-state index in [1.165, 1.54) is 17.3 Å². The second kappa shape index (κ2) is 7.92. The third-order valence-corrected chi connectivity index (χ3v) is 5.80. The molecule has 31 heavy (non-hydrogen) atoms. The van der Waals surface area contributed by atoms with Crippen LogP contribution in [0.3, 0.4) is 0 Å². The number of nitrogens with one attached hydrogen (secondary N) is 1. The molecule has 0 atom stereocenters. The number of likely N-dealkylation sites (N-methyl/N-ethyl adjacent to an activating group) is 1. The molecule has 0 amide bonds. The second-order valence-electron chi connectivity index (χ2n) is 7.93. The molecule has 0 spiro atoms. The summed E-state index contributed by atoms with van der Waals surface area (Å²) in [5, 5.41) is 6.79. The van der Waals surface area contributed by atoms with E-state index in [9.17, 15) is 4.39 Å². The number of aromatic nitrogens is 4. The van der Waals surface area contributed by atoms with Crippen LogP contribution in [0.5, 0.6) is 0 Å². The summed E-state index contributed by atoms with van der Waals surface area (Å²) in [6.45, 7) is 1.98. The van der Waals surface area contributed by atoms with Crippen molar-refractivity contribution in [2.45, 2.75) is 13.0 Å². The third kappa shape index (κ3) is 3.80. The van der Waals surface area contributed by atoms with Gasteiger partial charge in [-0.05, 0) is 48.4 Å². The maximum absolute atomic E-state index is 14.7. The van der Waals surface area contributed by atoms with Crippen LogP contribution < -0.4 is 4.90 Å². The van der Waals surface area contributed by atoms with Crippen LogP contribution in [0.1, 0.15) is 11.1 Å². The quantitative estimate of drug-likeness (QED) is 0.535. The molecule has 2 aromatic carbocycles. The smallest absolute Gasteiger partial charge is 0.184 e. The second-order valence-corrected chi connectivity index (χ2v) is 7.93. The van der Waals surface area contributed by atoms with Gasteiger partial charge in [-0.2, -0.15) is 5.10 Å². The first-order valence-corrected chi connectivity index (χ1v) is 10.2. The number of benzene rings is 2. The topological polar surface area (TPSA) is 60.9 Å². The van der Waals surface area contributed by atoms with Crippen LogP contribution in [0.15, 0.2) is 61.1 Å². The van der Waals surface area contributed by atoms with Crippen molar-refractivity contribution in [3.8, 4) is 22.5 Å². The van der Waals surface area contributed by atoms with Crippen molar-refractivity contribution in [1.29, 1.82) is 0 Å². The number of hydrogen-bond donors (Lipinski definition) is 1. The molecular formula is C24H23FN6. The average molecular weight is 414 g/mol. The van der Waals surface area contributed by atoms with Gasteiger partial charge in [0.1, 0.15) is 0 Å². The lowest BCUT2D eigenvalue weighted by molar-refractivity contribution is 0.313. The Kier molecular flexibility index (Phi) is 4.95. The van der Waals surface area contributed by atoms with E-state index in [0.717, 1.165) is 41.9 Å². The summed E-state index contributed by atoms with van der Waals surface area (Å²) in [7, 11) is 3.94. The van der Waals surface area contributed by atoms with Crippen molar-refractivity contribution >= 4 is 11.5 Å². The van der Waals surface area contributed by atoms with Gasteiger partial charge in [-0.3, -0.25) is 5.10 Å². The minimum Gasteiger partial charge on any atom is -0.327 e. The third-order valence-electron chi connectivity index (χ3n) is 5.80. The SMILES string of the molecule is CN1CCc2cc(-c3ncc(F)c(N(C)c4ccc(-c5cn[nH]c5)cc4)n3)ccc2C1. The Balaban J connectivity index is 1.45. The fourth-order valence-corrected chi connectivity index (χ4v) is 3.97. The Morgan fingerprint density at radius 3 is 2.58 bits per heavy atom. The molecule has 3 heterocycles. The molecule has 0 saturated heterocycles. The van der Waals surface area contributed by atoms with E-state index in [1.807, 2.05) is 43.6 Å². The highest BCUT2D eigenvalue weighted by Gasteiger charge is 2.17.